The number of nitrogens with two attached hydrogens (primary N) is 1. The van der Waals surface area contributed by atoms with E-state index in [1.807, 2.05) is 6.92 Å². The fraction of sp³-hybridized carbons (Fsp3) is 1.00. The predicted molar refractivity (Wildman–Crippen MR) is 58.9 cm³/mol. The van der Waals surface area contributed by atoms with E-state index in [-0.39, 0.29) is 11.3 Å². The lowest BCUT2D eigenvalue weighted by Crippen LogP contribution is -2.43. The second kappa shape index (κ2) is 5.12. The van der Waals surface area contributed by atoms with Gasteiger partial charge >= 0.3 is 0 Å². The summed E-state index contributed by atoms with van der Waals surface area (Å²) >= 11 is 0. The van der Waals surface area contributed by atoms with E-state index < -0.39 is 9.84 Å². The Morgan fingerprint density at radius 3 is 2.50 bits per heavy atom. The highest BCUT2D eigenvalue weighted by Crippen LogP contribution is 2.24. The number of hydrogen-bond acceptors (Lipinski definition) is 3. The van der Waals surface area contributed by atoms with Gasteiger partial charge in [0.15, 0.2) is 9.84 Å². The first-order valence-electron chi connectivity index (χ1n) is 5.55. The van der Waals surface area contributed by atoms with Crippen LogP contribution in [-0.2, 0) is 9.84 Å². The standard InChI is InChI=1S/C10H21NO2S/c1-2-3-8-14(12,13)10-7-5-4-6-9(10)11/h9-10H,2-8,11H2,1H3. The minimum atomic E-state index is -2.92. The molecule has 2 N–H and O–H groups in total. The maximum absolute atomic E-state index is 11.9. The molecule has 1 saturated carbocycles. The molecule has 1 fully saturated rings. The van der Waals surface area contributed by atoms with Crippen molar-refractivity contribution in [2.75, 3.05) is 5.75 Å². The third kappa shape index (κ3) is 2.95. The molecule has 4 heteroatoms. The van der Waals surface area contributed by atoms with E-state index in [0.29, 0.717) is 5.75 Å². The van der Waals surface area contributed by atoms with E-state index in [1.165, 1.54) is 0 Å². The Morgan fingerprint density at radius 1 is 1.29 bits per heavy atom. The molecule has 2 atom stereocenters. The lowest BCUT2D eigenvalue weighted by atomic mass is 9.96. The first-order valence-corrected chi connectivity index (χ1v) is 7.26. The normalized spacial score (nSPS) is 29.0. The van der Waals surface area contributed by atoms with Crippen molar-refractivity contribution in [1.82, 2.24) is 0 Å². The van der Waals surface area contributed by atoms with E-state index in [9.17, 15) is 8.42 Å². The molecule has 1 rings (SSSR count). The molecule has 0 radical (unpaired) electrons. The molecule has 0 saturated heterocycles. The topological polar surface area (TPSA) is 60.2 Å². The Balaban J connectivity index is 2.60. The van der Waals surface area contributed by atoms with Crippen LogP contribution in [0, 0.1) is 0 Å². The maximum atomic E-state index is 11.9. The van der Waals surface area contributed by atoms with Gasteiger partial charge in [-0.15, -0.1) is 0 Å². The van der Waals surface area contributed by atoms with Crippen molar-refractivity contribution in [3.05, 3.63) is 0 Å². The van der Waals surface area contributed by atoms with E-state index in [4.69, 9.17) is 5.73 Å². The minimum absolute atomic E-state index is 0.120. The maximum Gasteiger partial charge on any atom is 0.154 e. The number of unbranched alkanes of at least 4 members (excludes halogenated alkanes) is 1. The molecule has 0 spiro atoms. The van der Waals surface area contributed by atoms with Crippen LogP contribution in [0.1, 0.15) is 45.4 Å². The summed E-state index contributed by atoms with van der Waals surface area (Å²) in [4.78, 5) is 0. The van der Waals surface area contributed by atoms with Crippen molar-refractivity contribution < 1.29 is 8.42 Å². The summed E-state index contributed by atoms with van der Waals surface area (Å²) in [5.74, 6) is 0.321. The Hall–Kier alpha value is -0.0900. The summed E-state index contributed by atoms with van der Waals surface area (Å²) in [5, 5.41) is -0.261. The van der Waals surface area contributed by atoms with Crippen molar-refractivity contribution in [3.8, 4) is 0 Å². The molecular weight excluding hydrogens is 198 g/mol. The lowest BCUT2D eigenvalue weighted by Gasteiger charge is -2.28. The molecule has 3 nitrogen and oxygen atoms in total. The molecule has 0 amide bonds. The van der Waals surface area contributed by atoms with E-state index in [2.05, 4.69) is 0 Å². The monoisotopic (exact) mass is 219 g/mol. The van der Waals surface area contributed by atoms with Gasteiger partial charge in [-0.25, -0.2) is 8.42 Å². The summed E-state index contributed by atoms with van der Waals surface area (Å²) in [5.41, 5.74) is 5.86. The van der Waals surface area contributed by atoms with Crippen molar-refractivity contribution in [2.24, 2.45) is 5.73 Å². The summed E-state index contributed by atoms with van der Waals surface area (Å²) in [7, 11) is -2.92. The molecule has 2 unspecified atom stereocenters. The second-order valence-electron chi connectivity index (χ2n) is 4.21. The number of sulfone groups is 1. The molecule has 0 aromatic heterocycles. The van der Waals surface area contributed by atoms with Gasteiger partial charge in [-0.2, -0.15) is 0 Å². The first kappa shape index (κ1) is 12.0. The molecular formula is C10H21NO2S. The van der Waals surface area contributed by atoms with Crippen LogP contribution in [0.5, 0.6) is 0 Å². The molecule has 0 heterocycles. The Morgan fingerprint density at radius 2 is 1.93 bits per heavy atom. The van der Waals surface area contributed by atoms with Gasteiger partial charge in [0.2, 0.25) is 0 Å². The number of hydrogen-bond donors (Lipinski definition) is 1. The average Bonchev–Trinajstić information content (AvgIpc) is 2.15. The Bertz CT molecular complexity index is 261. The van der Waals surface area contributed by atoms with Crippen LogP contribution in [0.4, 0.5) is 0 Å². The highest BCUT2D eigenvalue weighted by molar-refractivity contribution is 7.92. The highest BCUT2D eigenvalue weighted by atomic mass is 32.2. The van der Waals surface area contributed by atoms with E-state index in [1.54, 1.807) is 0 Å². The smallest absolute Gasteiger partial charge is 0.154 e. The molecule has 84 valence electrons. The largest absolute Gasteiger partial charge is 0.327 e. The summed E-state index contributed by atoms with van der Waals surface area (Å²) in [6, 6.07) is -0.120. The SMILES string of the molecule is CCCCS(=O)(=O)C1CCCCC1N. The van der Waals surface area contributed by atoms with Gasteiger partial charge in [0.1, 0.15) is 0 Å². The van der Waals surface area contributed by atoms with Crippen molar-refractivity contribution in [3.63, 3.8) is 0 Å². The molecule has 1 aliphatic rings. The highest BCUT2D eigenvalue weighted by Gasteiger charge is 2.32. The van der Waals surface area contributed by atoms with Gasteiger partial charge < -0.3 is 5.73 Å². The van der Waals surface area contributed by atoms with E-state index in [0.717, 1.165) is 38.5 Å². The summed E-state index contributed by atoms with van der Waals surface area (Å²) < 4.78 is 23.7. The summed E-state index contributed by atoms with van der Waals surface area (Å²) in [6.07, 6.45) is 5.45. The van der Waals surface area contributed by atoms with Crippen LogP contribution in [0.25, 0.3) is 0 Å². The summed E-state index contributed by atoms with van der Waals surface area (Å²) in [6.45, 7) is 2.01. The third-order valence-corrected chi connectivity index (χ3v) is 5.36. The van der Waals surface area contributed by atoms with Crippen molar-refractivity contribution in [1.29, 1.82) is 0 Å². The van der Waals surface area contributed by atoms with Crippen LogP contribution >= 0.6 is 0 Å². The Labute approximate surface area is 87.0 Å². The predicted octanol–water partition coefficient (Wildman–Crippen LogP) is 1.47. The van der Waals surface area contributed by atoms with Crippen LogP contribution in [0.2, 0.25) is 0 Å². The fourth-order valence-electron chi connectivity index (χ4n) is 2.07. The molecule has 14 heavy (non-hydrogen) atoms. The zero-order valence-electron chi connectivity index (χ0n) is 8.91. The van der Waals surface area contributed by atoms with E-state index >= 15 is 0 Å². The van der Waals surface area contributed by atoms with Crippen LogP contribution in [0.15, 0.2) is 0 Å². The van der Waals surface area contributed by atoms with Gasteiger partial charge in [-0.05, 0) is 19.3 Å². The van der Waals surface area contributed by atoms with Crippen LogP contribution in [0.3, 0.4) is 0 Å². The molecule has 0 aromatic carbocycles. The van der Waals surface area contributed by atoms with Crippen molar-refractivity contribution in [2.45, 2.75) is 56.7 Å². The lowest BCUT2D eigenvalue weighted by molar-refractivity contribution is 0.431. The second-order valence-corrected chi connectivity index (χ2v) is 6.55. The fourth-order valence-corrected chi connectivity index (χ4v) is 4.26. The molecule has 0 aromatic rings. The van der Waals surface area contributed by atoms with Gasteiger partial charge in [0.25, 0.3) is 0 Å². The van der Waals surface area contributed by atoms with Crippen LogP contribution in [-0.4, -0.2) is 25.5 Å². The number of rotatable bonds is 4. The molecule has 0 aliphatic heterocycles. The quantitative estimate of drug-likeness (QED) is 0.779. The van der Waals surface area contributed by atoms with Gasteiger partial charge in [-0.3, -0.25) is 0 Å². The van der Waals surface area contributed by atoms with Gasteiger partial charge in [-0.1, -0.05) is 26.2 Å². The zero-order chi connectivity index (χ0) is 10.6. The van der Waals surface area contributed by atoms with Crippen LogP contribution < -0.4 is 5.73 Å². The minimum Gasteiger partial charge on any atom is -0.327 e. The van der Waals surface area contributed by atoms with Gasteiger partial charge in [0, 0.05) is 6.04 Å². The van der Waals surface area contributed by atoms with Crippen molar-refractivity contribution >= 4 is 9.84 Å². The molecule has 1 aliphatic carbocycles. The third-order valence-electron chi connectivity index (χ3n) is 3.00. The zero-order valence-corrected chi connectivity index (χ0v) is 9.72. The average molecular weight is 219 g/mol. The first-order chi connectivity index (χ1) is 6.58. The molecule has 0 bridgehead atoms. The Kier molecular flexibility index (Phi) is 4.38. The van der Waals surface area contributed by atoms with Gasteiger partial charge in [0.05, 0.1) is 11.0 Å².